The molecule has 2 nitrogen and oxygen atoms in total. The summed E-state index contributed by atoms with van der Waals surface area (Å²) in [7, 11) is 0. The number of nitrogens with zero attached hydrogens (tertiary/aromatic N) is 2. The van der Waals surface area contributed by atoms with Crippen LogP contribution in [0.5, 0.6) is 0 Å². The van der Waals surface area contributed by atoms with E-state index in [-0.39, 0.29) is 0 Å². The molecule has 65 heavy (non-hydrogen) atoms. The SMILES string of the molecule is CCC1C=CC=CC(c2cc(-c3ccc(-c4ccc5c(c4)C4(c6ccccc6-5)c5ccccc5C5(c6ccccc6-c6ccccc65)c5ccccc54)cc3)cc(-c3ccccn3)n2)=C1. The van der Waals surface area contributed by atoms with Crippen molar-refractivity contribution in [2.24, 2.45) is 5.92 Å². The van der Waals surface area contributed by atoms with E-state index >= 15 is 0 Å². The van der Waals surface area contributed by atoms with Gasteiger partial charge in [0.25, 0.3) is 0 Å². The first-order valence-electron chi connectivity index (χ1n) is 22.9. The second kappa shape index (κ2) is 14.6. The molecule has 0 saturated carbocycles. The zero-order valence-corrected chi connectivity index (χ0v) is 36.1. The molecule has 306 valence electrons. The second-order valence-corrected chi connectivity index (χ2v) is 17.8. The molecule has 0 aliphatic heterocycles. The van der Waals surface area contributed by atoms with Crippen LogP contribution in [0, 0.1) is 5.92 Å². The number of allylic oxidation sites excluding steroid dienone is 6. The van der Waals surface area contributed by atoms with E-state index in [4.69, 9.17) is 9.97 Å². The molecule has 0 N–H and O–H groups in total. The number of hydrogen-bond donors (Lipinski definition) is 0. The molecule has 2 heterocycles. The number of pyridine rings is 2. The maximum Gasteiger partial charge on any atom is 0.0899 e. The number of fused-ring (bicyclic) bond motifs is 16. The monoisotopic (exact) mass is 828 g/mol. The van der Waals surface area contributed by atoms with Gasteiger partial charge in [0.05, 0.1) is 27.9 Å². The smallest absolute Gasteiger partial charge is 0.0899 e. The molecular weight excluding hydrogens is 785 g/mol. The highest BCUT2D eigenvalue weighted by Crippen LogP contribution is 2.67. The maximum absolute atomic E-state index is 5.19. The molecule has 0 radical (unpaired) electrons. The number of hydrogen-bond acceptors (Lipinski definition) is 2. The van der Waals surface area contributed by atoms with E-state index in [1.807, 2.05) is 24.4 Å². The van der Waals surface area contributed by atoms with Gasteiger partial charge in [0, 0.05) is 6.20 Å². The van der Waals surface area contributed by atoms with Crippen molar-refractivity contribution in [3.05, 3.63) is 281 Å². The molecular formula is C63H44N2. The Balaban J connectivity index is 0.982. The van der Waals surface area contributed by atoms with Crippen molar-refractivity contribution in [2.45, 2.75) is 24.2 Å². The van der Waals surface area contributed by atoms with E-state index < -0.39 is 10.8 Å². The van der Waals surface area contributed by atoms with E-state index in [0.717, 1.165) is 40.2 Å². The van der Waals surface area contributed by atoms with Crippen LogP contribution in [0.25, 0.3) is 61.5 Å². The third-order valence-electron chi connectivity index (χ3n) is 14.7. The average Bonchev–Trinajstić information content (AvgIpc) is 3.69. The van der Waals surface area contributed by atoms with Gasteiger partial charge < -0.3 is 0 Å². The van der Waals surface area contributed by atoms with Crippen LogP contribution < -0.4 is 0 Å². The van der Waals surface area contributed by atoms with Crippen LogP contribution in [0.1, 0.15) is 63.5 Å². The Labute approximate surface area is 380 Å². The minimum Gasteiger partial charge on any atom is -0.255 e. The lowest BCUT2D eigenvalue weighted by atomic mass is 9.52. The lowest BCUT2D eigenvalue weighted by molar-refractivity contribution is 0.633. The minimum atomic E-state index is -0.532. The van der Waals surface area contributed by atoms with E-state index in [2.05, 4.69) is 213 Å². The quantitative estimate of drug-likeness (QED) is 0.173. The predicted molar refractivity (Wildman–Crippen MR) is 267 cm³/mol. The molecule has 1 atom stereocenters. The molecule has 13 rings (SSSR count). The summed E-state index contributed by atoms with van der Waals surface area (Å²) in [4.78, 5) is 9.90. The number of benzene rings is 7. The van der Waals surface area contributed by atoms with Crippen molar-refractivity contribution < 1.29 is 0 Å². The van der Waals surface area contributed by atoms with Crippen LogP contribution in [0.2, 0.25) is 0 Å². The molecule has 4 aliphatic carbocycles. The van der Waals surface area contributed by atoms with Crippen molar-refractivity contribution in [3.8, 4) is 55.9 Å². The molecule has 0 amide bonds. The fraction of sp³-hybridized carbons (Fsp3) is 0.0794. The molecule has 1 unspecified atom stereocenters. The van der Waals surface area contributed by atoms with Crippen molar-refractivity contribution in [1.29, 1.82) is 0 Å². The largest absolute Gasteiger partial charge is 0.255 e. The number of rotatable bonds is 5. The van der Waals surface area contributed by atoms with Gasteiger partial charge in [-0.15, -0.1) is 0 Å². The van der Waals surface area contributed by atoms with Crippen molar-refractivity contribution in [3.63, 3.8) is 0 Å². The van der Waals surface area contributed by atoms with Gasteiger partial charge >= 0.3 is 0 Å². The zero-order valence-electron chi connectivity index (χ0n) is 36.1. The summed E-state index contributed by atoms with van der Waals surface area (Å²) in [5.41, 5.74) is 23.5. The summed E-state index contributed by atoms with van der Waals surface area (Å²) >= 11 is 0. The Kier molecular flexibility index (Phi) is 8.42. The average molecular weight is 829 g/mol. The highest BCUT2D eigenvalue weighted by atomic mass is 14.8. The van der Waals surface area contributed by atoms with Gasteiger partial charge in [-0.25, -0.2) is 4.98 Å². The summed E-state index contributed by atoms with van der Waals surface area (Å²) in [6.07, 6.45) is 13.9. The molecule has 7 aromatic carbocycles. The minimum absolute atomic E-state index is 0.357. The lowest BCUT2D eigenvalue weighted by Gasteiger charge is -2.48. The first-order valence-corrected chi connectivity index (χ1v) is 22.9. The van der Waals surface area contributed by atoms with Gasteiger partial charge in [-0.1, -0.05) is 201 Å². The Morgan fingerprint density at radius 3 is 1.43 bits per heavy atom. The highest BCUT2D eigenvalue weighted by Gasteiger charge is 2.58. The van der Waals surface area contributed by atoms with Crippen LogP contribution >= 0.6 is 0 Å². The van der Waals surface area contributed by atoms with Crippen molar-refractivity contribution >= 4 is 5.57 Å². The van der Waals surface area contributed by atoms with Crippen LogP contribution in [0.3, 0.4) is 0 Å². The standard InChI is InChI=1S/C63H44N2/c1-2-41-17-3-4-18-45(37-41)60-39-46(40-61(65-60)59-29-15-16-36-64-59)43-32-30-42(31-33-43)44-34-35-50-49-21-7-10-24-53(49)63(58(50)38-44)56-27-13-11-25-54(56)62(55-26-12-14-28-57(55)63)51-22-8-5-19-47(51)48-20-6-9-23-52(48)62/h3-41H,2H2,1H3. The Morgan fingerprint density at radius 1 is 0.400 bits per heavy atom. The molecule has 0 bridgehead atoms. The normalized spacial score (nSPS) is 16.2. The summed E-state index contributed by atoms with van der Waals surface area (Å²) in [5, 5.41) is 0. The summed E-state index contributed by atoms with van der Waals surface area (Å²) in [5.74, 6) is 0.357. The van der Waals surface area contributed by atoms with E-state index in [9.17, 15) is 0 Å². The fourth-order valence-electron chi connectivity index (χ4n) is 11.9. The van der Waals surface area contributed by atoms with Crippen LogP contribution in [0.4, 0.5) is 0 Å². The highest BCUT2D eigenvalue weighted by molar-refractivity contribution is 5.94. The third kappa shape index (κ3) is 5.35. The molecule has 2 spiro atoms. The summed E-state index contributed by atoms with van der Waals surface area (Å²) < 4.78 is 0. The van der Waals surface area contributed by atoms with E-state index in [1.54, 1.807) is 0 Å². The van der Waals surface area contributed by atoms with E-state index in [1.165, 1.54) is 77.9 Å². The number of aromatic nitrogens is 2. The molecule has 9 aromatic rings. The first kappa shape index (κ1) is 37.6. The van der Waals surface area contributed by atoms with Gasteiger partial charge in [-0.05, 0) is 137 Å². The Hall–Kier alpha value is -7.94. The lowest BCUT2D eigenvalue weighted by Crippen LogP contribution is -2.43. The Bertz CT molecular complexity index is 3380. The second-order valence-electron chi connectivity index (χ2n) is 17.8. The molecule has 2 heteroatoms. The Morgan fingerprint density at radius 2 is 0.877 bits per heavy atom. The van der Waals surface area contributed by atoms with E-state index in [0.29, 0.717) is 5.92 Å². The topological polar surface area (TPSA) is 25.8 Å². The third-order valence-corrected chi connectivity index (χ3v) is 14.7. The summed E-state index contributed by atoms with van der Waals surface area (Å²) in [6.45, 7) is 2.23. The molecule has 2 aromatic heterocycles. The van der Waals surface area contributed by atoms with Gasteiger partial charge in [0.15, 0.2) is 0 Å². The van der Waals surface area contributed by atoms with Gasteiger partial charge in [0.2, 0.25) is 0 Å². The van der Waals surface area contributed by atoms with Crippen molar-refractivity contribution in [2.75, 3.05) is 0 Å². The molecule has 4 aliphatic rings. The molecule has 0 saturated heterocycles. The zero-order chi connectivity index (χ0) is 43.1. The van der Waals surface area contributed by atoms with Crippen molar-refractivity contribution in [1.82, 2.24) is 9.97 Å². The first-order chi connectivity index (χ1) is 32.2. The van der Waals surface area contributed by atoms with Gasteiger partial charge in [-0.2, -0.15) is 0 Å². The van der Waals surface area contributed by atoms with Crippen LogP contribution in [-0.2, 0) is 10.8 Å². The van der Waals surface area contributed by atoms with Crippen LogP contribution in [0.15, 0.2) is 231 Å². The van der Waals surface area contributed by atoms with Crippen LogP contribution in [-0.4, -0.2) is 9.97 Å². The maximum atomic E-state index is 5.19. The summed E-state index contributed by atoms with van der Waals surface area (Å²) in [6, 6.07) is 72.8. The van der Waals surface area contributed by atoms with Gasteiger partial charge in [-0.3, -0.25) is 4.98 Å². The predicted octanol–water partition coefficient (Wildman–Crippen LogP) is 15.1. The molecule has 0 fully saturated rings. The fourth-order valence-corrected chi connectivity index (χ4v) is 11.9. The van der Waals surface area contributed by atoms with Gasteiger partial charge in [0.1, 0.15) is 0 Å².